The van der Waals surface area contributed by atoms with Gasteiger partial charge in [-0.1, -0.05) is 23.9 Å². The summed E-state index contributed by atoms with van der Waals surface area (Å²) in [5.74, 6) is 1.03. The first-order valence-corrected chi connectivity index (χ1v) is 13.8. The van der Waals surface area contributed by atoms with Gasteiger partial charge >= 0.3 is 0 Å². The van der Waals surface area contributed by atoms with Crippen molar-refractivity contribution < 1.29 is 65.0 Å². The van der Waals surface area contributed by atoms with Crippen LogP contribution in [-0.4, -0.2) is 149 Å². The van der Waals surface area contributed by atoms with E-state index in [1.165, 1.54) is 11.2 Å². The molecule has 0 fully saturated rings. The average molecular weight is 642 g/mol. The molecule has 2 aromatic rings. The van der Waals surface area contributed by atoms with Gasteiger partial charge in [-0.2, -0.15) is 0 Å². The van der Waals surface area contributed by atoms with Crippen molar-refractivity contribution in [1.29, 1.82) is 0 Å². The first-order chi connectivity index (χ1) is 19.5. The lowest BCUT2D eigenvalue weighted by Crippen LogP contribution is -2.53. The van der Waals surface area contributed by atoms with E-state index < -0.39 is 75.1 Å². The van der Waals surface area contributed by atoms with Crippen LogP contribution in [0.15, 0.2) is 47.1 Å². The minimum Gasteiger partial charge on any atom is -0.492 e. The predicted octanol–water partition coefficient (Wildman–Crippen LogP) is -2.67. The molecule has 0 saturated heterocycles. The number of carbonyl (C=O) groups is 1. The minimum atomic E-state index is -1.89. The van der Waals surface area contributed by atoms with Gasteiger partial charge < -0.3 is 60.2 Å². The molecular formula is C26H40ClNO13S. The van der Waals surface area contributed by atoms with Crippen LogP contribution in [0.3, 0.4) is 0 Å². The molecule has 10 N–H and O–H groups in total. The van der Waals surface area contributed by atoms with Crippen LogP contribution in [0.2, 0.25) is 0 Å². The highest BCUT2D eigenvalue weighted by Gasteiger charge is 2.34. The molecule has 0 aliphatic carbocycles. The van der Waals surface area contributed by atoms with Crippen LogP contribution in [0.1, 0.15) is 16.1 Å². The van der Waals surface area contributed by atoms with E-state index in [4.69, 9.17) is 19.4 Å². The van der Waals surface area contributed by atoms with Crippen LogP contribution in [0.25, 0.3) is 0 Å². The molecule has 1 aromatic carbocycles. The summed E-state index contributed by atoms with van der Waals surface area (Å²) in [6.45, 7) is -2.60. The largest absolute Gasteiger partial charge is 0.492 e. The molecule has 1 heterocycles. The monoisotopic (exact) mass is 641 g/mol. The van der Waals surface area contributed by atoms with Crippen molar-refractivity contribution in [3.05, 3.63) is 54.0 Å². The Bertz CT molecular complexity index is 990. The summed E-state index contributed by atoms with van der Waals surface area (Å²) < 4.78 is 10.8. The van der Waals surface area contributed by atoms with E-state index in [0.29, 0.717) is 11.5 Å². The van der Waals surface area contributed by atoms with Crippen molar-refractivity contribution in [1.82, 2.24) is 4.90 Å². The number of furan rings is 1. The van der Waals surface area contributed by atoms with Crippen molar-refractivity contribution in [2.75, 3.05) is 39.5 Å². The smallest absolute Gasteiger partial charge is 0.254 e. The maximum atomic E-state index is 12.1. The Balaban J connectivity index is 0.00000882. The van der Waals surface area contributed by atoms with Gasteiger partial charge in [0.05, 0.1) is 31.7 Å². The second-order valence-corrected chi connectivity index (χ2v) is 10.4. The van der Waals surface area contributed by atoms with Crippen molar-refractivity contribution in [2.45, 2.75) is 54.6 Å². The normalized spacial score (nSPS) is 17.4. The molecule has 0 amide bonds. The van der Waals surface area contributed by atoms with E-state index >= 15 is 0 Å². The lowest BCUT2D eigenvalue weighted by molar-refractivity contribution is -0.130. The summed E-state index contributed by atoms with van der Waals surface area (Å²) in [4.78, 5) is 13.5. The Kier molecular flexibility index (Phi) is 17.7. The van der Waals surface area contributed by atoms with Gasteiger partial charge in [-0.3, -0.25) is 9.69 Å². The number of carbonyl (C=O) groups excluding carboxylic acids is 1. The lowest BCUT2D eigenvalue weighted by atomic mass is 10.0. The maximum Gasteiger partial charge on any atom is 0.254 e. The number of aliphatic hydroxyl groups excluding tert-OH is 10. The number of benzene rings is 1. The number of nitrogens with zero attached hydrogens (tertiary/aromatic N) is 1. The second kappa shape index (κ2) is 19.4. The zero-order valence-corrected chi connectivity index (χ0v) is 24.2. The van der Waals surface area contributed by atoms with Crippen molar-refractivity contribution in [2.24, 2.45) is 0 Å². The molecule has 0 spiro atoms. The Labute approximate surface area is 252 Å². The number of thioether (sulfide) groups is 1. The number of aliphatic hydroxyl groups is 10. The third-order valence-corrected chi connectivity index (χ3v) is 7.15. The molecule has 2 rings (SSSR count). The zero-order chi connectivity index (χ0) is 30.5. The van der Waals surface area contributed by atoms with Crippen molar-refractivity contribution >= 4 is 29.3 Å². The number of halogens is 1. The summed E-state index contributed by atoms with van der Waals surface area (Å²) in [5, 5.41) is 97.9. The molecule has 0 aliphatic rings. The summed E-state index contributed by atoms with van der Waals surface area (Å²) in [6, 6.07) is 10.1. The van der Waals surface area contributed by atoms with Crippen molar-refractivity contribution in [3.63, 3.8) is 0 Å². The summed E-state index contributed by atoms with van der Waals surface area (Å²) in [7, 11) is 0. The third-order valence-electron chi connectivity index (χ3n) is 6.21. The fourth-order valence-electron chi connectivity index (χ4n) is 3.76. The molecule has 1 aromatic heterocycles. The first-order valence-electron chi connectivity index (χ1n) is 12.8. The maximum absolute atomic E-state index is 12.1. The minimum absolute atomic E-state index is 0. The first kappa shape index (κ1) is 38.2. The van der Waals surface area contributed by atoms with Crippen LogP contribution in [-0.2, 0) is 5.75 Å². The molecular weight excluding hydrogens is 602 g/mol. The van der Waals surface area contributed by atoms with Gasteiger partial charge in [0.15, 0.2) is 5.76 Å². The standard InChI is InChI=1S/C26H39NO13S.ClH/c28-12-19(32)24(36)22(34)17(30)10-27(11-18(31)23(35)25(37)20(33)13-29)6-8-39-16-4-1-3-15(9-16)14-41-26(38)21-5-2-7-40-21;/h1-5,7,9,17-20,22-25,28-37H,6,8,10-14H2;1H/t17-,18-,19-,20-,22-,23-,24-,25-;/m1./s1. The average Bonchev–Trinajstić information content (AvgIpc) is 3.53. The van der Waals surface area contributed by atoms with Crippen molar-refractivity contribution in [3.8, 4) is 5.75 Å². The SMILES string of the molecule is Cl.O=C(SCc1cccc(OCCN(C[C@@H](O)[C@@H](O)[C@H](O)[C@H](O)CO)C[C@@H](O)[C@@H](O)[C@H](O)[C@H](O)CO)c1)c1ccco1. The summed E-state index contributed by atoms with van der Waals surface area (Å²) in [6.07, 6.45) is -12.9. The van der Waals surface area contributed by atoms with Gasteiger partial charge in [0.25, 0.3) is 5.12 Å². The van der Waals surface area contributed by atoms with Crippen LogP contribution in [0.5, 0.6) is 5.75 Å². The number of hydrogen-bond acceptors (Lipinski definition) is 15. The van der Waals surface area contributed by atoms with Gasteiger partial charge in [-0.05, 0) is 29.8 Å². The number of rotatable bonds is 19. The zero-order valence-electron chi connectivity index (χ0n) is 22.6. The lowest BCUT2D eigenvalue weighted by Gasteiger charge is -2.33. The van der Waals surface area contributed by atoms with Gasteiger partial charge in [-0.25, -0.2) is 0 Å². The van der Waals surface area contributed by atoms with E-state index in [1.54, 1.807) is 36.4 Å². The quantitative estimate of drug-likeness (QED) is 0.0751. The molecule has 16 heteroatoms. The molecule has 0 bridgehead atoms. The van der Waals surface area contributed by atoms with Crippen LogP contribution < -0.4 is 4.74 Å². The Morgan fingerprint density at radius 1 is 0.810 bits per heavy atom. The number of hydrogen-bond donors (Lipinski definition) is 10. The highest BCUT2D eigenvalue weighted by Crippen LogP contribution is 2.21. The molecule has 14 nitrogen and oxygen atoms in total. The van der Waals surface area contributed by atoms with E-state index in [9.17, 15) is 45.6 Å². The Morgan fingerprint density at radius 3 is 1.86 bits per heavy atom. The van der Waals surface area contributed by atoms with Gasteiger partial charge in [0.2, 0.25) is 0 Å². The second-order valence-electron chi connectivity index (χ2n) is 9.41. The molecule has 42 heavy (non-hydrogen) atoms. The third kappa shape index (κ3) is 12.0. The summed E-state index contributed by atoms with van der Waals surface area (Å²) >= 11 is 1.05. The van der Waals surface area contributed by atoms with Gasteiger partial charge in [0, 0.05) is 25.4 Å². The topological polar surface area (TPSA) is 245 Å². The van der Waals surface area contributed by atoms with E-state index in [1.807, 2.05) is 0 Å². The number of ether oxygens (including phenoxy) is 1. The summed E-state index contributed by atoms with van der Waals surface area (Å²) in [5.41, 5.74) is 0.786. The van der Waals surface area contributed by atoms with E-state index in [2.05, 4.69) is 0 Å². The molecule has 8 atom stereocenters. The van der Waals surface area contributed by atoms with Crippen LogP contribution in [0.4, 0.5) is 0 Å². The Morgan fingerprint density at radius 2 is 1.36 bits per heavy atom. The van der Waals surface area contributed by atoms with E-state index in [0.717, 1.165) is 17.3 Å². The highest BCUT2D eigenvalue weighted by molar-refractivity contribution is 8.13. The fraction of sp³-hybridized carbons (Fsp3) is 0.577. The Hall–Kier alpha value is -1.83. The molecule has 0 unspecified atom stereocenters. The van der Waals surface area contributed by atoms with E-state index in [-0.39, 0.29) is 36.4 Å². The molecule has 0 aliphatic heterocycles. The highest BCUT2D eigenvalue weighted by atomic mass is 35.5. The fourth-order valence-corrected chi connectivity index (χ4v) is 4.50. The van der Waals surface area contributed by atoms with Gasteiger partial charge in [-0.15, -0.1) is 12.4 Å². The molecule has 0 saturated carbocycles. The predicted molar refractivity (Wildman–Crippen MR) is 152 cm³/mol. The van der Waals surface area contributed by atoms with Crippen LogP contribution in [0, 0.1) is 0 Å². The molecule has 240 valence electrons. The van der Waals surface area contributed by atoms with Gasteiger partial charge in [0.1, 0.15) is 49.0 Å². The molecule has 0 radical (unpaired) electrons. The van der Waals surface area contributed by atoms with Crippen LogP contribution >= 0.6 is 24.2 Å².